The summed E-state index contributed by atoms with van der Waals surface area (Å²) in [7, 11) is 0. The Morgan fingerprint density at radius 1 is 1.59 bits per heavy atom. The highest BCUT2D eigenvalue weighted by Crippen LogP contribution is 2.06. The molecule has 0 unspecified atom stereocenters. The maximum absolute atomic E-state index is 11.7. The molecule has 1 N–H and O–H groups in total. The fourth-order valence-electron chi connectivity index (χ4n) is 1.18. The molecule has 94 valence electrons. The molecule has 1 aromatic rings. The van der Waals surface area contributed by atoms with E-state index in [0.717, 1.165) is 6.42 Å². The zero-order chi connectivity index (χ0) is 13.1. The molecule has 1 heterocycles. The van der Waals surface area contributed by atoms with Crippen molar-refractivity contribution in [1.29, 1.82) is 0 Å². The summed E-state index contributed by atoms with van der Waals surface area (Å²) in [6, 6.07) is 1.18. The molecule has 0 bridgehead atoms. The van der Waals surface area contributed by atoms with Crippen LogP contribution in [0.5, 0.6) is 0 Å². The molecular formula is C11H16ClN3O2. The molecule has 17 heavy (non-hydrogen) atoms. The van der Waals surface area contributed by atoms with Crippen LogP contribution in [-0.4, -0.2) is 21.0 Å². The number of carbonyl (C=O) groups excluding carboxylic acids is 1. The Hall–Kier alpha value is -1.36. The molecule has 0 aliphatic carbocycles. The van der Waals surface area contributed by atoms with Gasteiger partial charge in [0.1, 0.15) is 11.7 Å². The van der Waals surface area contributed by atoms with Crippen molar-refractivity contribution < 1.29 is 4.79 Å². The van der Waals surface area contributed by atoms with Crippen molar-refractivity contribution in [2.45, 2.75) is 39.3 Å². The minimum atomic E-state index is -0.338. The van der Waals surface area contributed by atoms with E-state index in [2.05, 4.69) is 10.3 Å². The highest BCUT2D eigenvalue weighted by Gasteiger charge is 2.18. The van der Waals surface area contributed by atoms with Crippen LogP contribution < -0.4 is 10.9 Å². The highest BCUT2D eigenvalue weighted by molar-refractivity contribution is 6.29. The third kappa shape index (κ3) is 4.19. The lowest BCUT2D eigenvalue weighted by Gasteiger charge is -2.24. The fraction of sp³-hybridized carbons (Fsp3) is 0.545. The summed E-state index contributed by atoms with van der Waals surface area (Å²) < 4.78 is 1.22. The average molecular weight is 258 g/mol. The second-order valence-electron chi connectivity index (χ2n) is 4.46. The lowest BCUT2D eigenvalue weighted by atomic mass is 10.0. The number of rotatable bonds is 4. The van der Waals surface area contributed by atoms with E-state index in [0.29, 0.717) is 0 Å². The molecule has 6 heteroatoms. The van der Waals surface area contributed by atoms with E-state index in [1.165, 1.54) is 17.0 Å². The van der Waals surface area contributed by atoms with E-state index in [-0.39, 0.29) is 28.7 Å². The van der Waals surface area contributed by atoms with E-state index in [1.54, 1.807) is 0 Å². The summed E-state index contributed by atoms with van der Waals surface area (Å²) in [5.74, 6) is -0.219. The monoisotopic (exact) mass is 257 g/mol. The molecule has 1 rings (SSSR count). The molecule has 0 aliphatic rings. The van der Waals surface area contributed by atoms with Crippen LogP contribution in [-0.2, 0) is 11.3 Å². The zero-order valence-corrected chi connectivity index (χ0v) is 10.9. The fourth-order valence-corrected chi connectivity index (χ4v) is 1.32. The molecule has 1 aromatic heterocycles. The van der Waals surface area contributed by atoms with Crippen molar-refractivity contribution in [3.8, 4) is 0 Å². The van der Waals surface area contributed by atoms with Gasteiger partial charge in [-0.15, -0.1) is 0 Å². The van der Waals surface area contributed by atoms with Crippen LogP contribution in [0.1, 0.15) is 27.2 Å². The van der Waals surface area contributed by atoms with Crippen molar-refractivity contribution in [2.24, 2.45) is 0 Å². The average Bonchev–Trinajstić information content (AvgIpc) is 2.21. The third-order valence-corrected chi connectivity index (χ3v) is 2.73. The summed E-state index contributed by atoms with van der Waals surface area (Å²) >= 11 is 5.56. The van der Waals surface area contributed by atoms with Gasteiger partial charge in [-0.3, -0.25) is 14.2 Å². The Morgan fingerprint density at radius 2 is 2.24 bits per heavy atom. The Bertz CT molecular complexity index is 468. The van der Waals surface area contributed by atoms with E-state index >= 15 is 0 Å². The number of hydrogen-bond acceptors (Lipinski definition) is 3. The van der Waals surface area contributed by atoms with E-state index < -0.39 is 0 Å². The summed E-state index contributed by atoms with van der Waals surface area (Å²) in [5.41, 5.74) is -0.616. The minimum Gasteiger partial charge on any atom is -0.350 e. The SMILES string of the molecule is CCC(C)(C)NC(=O)Cn1cnc(Cl)cc1=O. The summed E-state index contributed by atoms with van der Waals surface area (Å²) in [4.78, 5) is 26.9. The van der Waals surface area contributed by atoms with Crippen LogP contribution in [0.15, 0.2) is 17.2 Å². The summed E-state index contributed by atoms with van der Waals surface area (Å²) in [6.07, 6.45) is 2.08. The molecule has 0 radical (unpaired) electrons. The Kier molecular flexibility index (Phi) is 4.28. The molecule has 0 aliphatic heterocycles. The van der Waals surface area contributed by atoms with E-state index in [9.17, 15) is 9.59 Å². The molecule has 0 saturated heterocycles. The lowest BCUT2D eigenvalue weighted by molar-refractivity contribution is -0.123. The lowest BCUT2D eigenvalue weighted by Crippen LogP contribution is -2.45. The second-order valence-corrected chi connectivity index (χ2v) is 4.85. The molecule has 0 fully saturated rings. The first-order valence-electron chi connectivity index (χ1n) is 5.37. The standard InChI is InChI=1S/C11H16ClN3O2/c1-4-11(2,3)14-9(16)6-15-7-13-8(12)5-10(15)17/h5,7H,4,6H2,1-3H3,(H,14,16). The van der Waals surface area contributed by atoms with Gasteiger partial charge in [0, 0.05) is 11.6 Å². The number of amides is 1. The largest absolute Gasteiger partial charge is 0.350 e. The normalized spacial score (nSPS) is 11.3. The maximum atomic E-state index is 11.7. The smallest absolute Gasteiger partial charge is 0.255 e. The topological polar surface area (TPSA) is 64.0 Å². The van der Waals surface area contributed by atoms with Crippen molar-refractivity contribution in [2.75, 3.05) is 0 Å². The quantitative estimate of drug-likeness (QED) is 0.825. The summed E-state index contributed by atoms with van der Waals surface area (Å²) in [5, 5.41) is 2.96. The number of nitrogens with one attached hydrogen (secondary N) is 1. The van der Waals surface area contributed by atoms with Crippen LogP contribution in [0.4, 0.5) is 0 Å². The number of nitrogens with zero attached hydrogens (tertiary/aromatic N) is 2. The van der Waals surface area contributed by atoms with Gasteiger partial charge in [-0.1, -0.05) is 18.5 Å². The molecule has 0 spiro atoms. The number of hydrogen-bond donors (Lipinski definition) is 1. The predicted octanol–water partition coefficient (Wildman–Crippen LogP) is 1.20. The molecule has 0 aromatic carbocycles. The molecule has 5 nitrogen and oxygen atoms in total. The molecular weight excluding hydrogens is 242 g/mol. The van der Waals surface area contributed by atoms with Crippen molar-refractivity contribution >= 4 is 17.5 Å². The number of carbonyl (C=O) groups is 1. The van der Waals surface area contributed by atoms with Gasteiger partial charge in [0.15, 0.2) is 0 Å². The predicted molar refractivity (Wildman–Crippen MR) is 66.0 cm³/mol. The second kappa shape index (κ2) is 5.31. The highest BCUT2D eigenvalue weighted by atomic mass is 35.5. The zero-order valence-electron chi connectivity index (χ0n) is 10.2. The van der Waals surface area contributed by atoms with E-state index in [1.807, 2.05) is 20.8 Å². The van der Waals surface area contributed by atoms with Gasteiger partial charge >= 0.3 is 0 Å². The number of halogens is 1. The van der Waals surface area contributed by atoms with Gasteiger partial charge < -0.3 is 5.32 Å². The third-order valence-electron chi connectivity index (χ3n) is 2.52. The van der Waals surface area contributed by atoms with Crippen LogP contribution in [0.3, 0.4) is 0 Å². The van der Waals surface area contributed by atoms with Crippen molar-refractivity contribution in [3.63, 3.8) is 0 Å². The molecule has 1 amide bonds. The van der Waals surface area contributed by atoms with Gasteiger partial charge in [-0.05, 0) is 20.3 Å². The van der Waals surface area contributed by atoms with Crippen molar-refractivity contribution in [3.05, 3.63) is 27.9 Å². The minimum absolute atomic E-state index is 0.0492. The Labute approximate surface area is 105 Å². The van der Waals surface area contributed by atoms with Crippen molar-refractivity contribution in [1.82, 2.24) is 14.9 Å². The first kappa shape index (κ1) is 13.7. The van der Waals surface area contributed by atoms with Crippen LogP contribution >= 0.6 is 11.6 Å². The maximum Gasteiger partial charge on any atom is 0.255 e. The van der Waals surface area contributed by atoms with Gasteiger partial charge in [-0.25, -0.2) is 4.98 Å². The van der Waals surface area contributed by atoms with Gasteiger partial charge in [-0.2, -0.15) is 0 Å². The van der Waals surface area contributed by atoms with Gasteiger partial charge in [0.2, 0.25) is 5.91 Å². The Balaban J connectivity index is 2.72. The van der Waals surface area contributed by atoms with Crippen LogP contribution in [0.25, 0.3) is 0 Å². The first-order chi connectivity index (χ1) is 7.84. The molecule has 0 saturated carbocycles. The summed E-state index contributed by atoms with van der Waals surface area (Å²) in [6.45, 7) is 5.78. The van der Waals surface area contributed by atoms with Crippen LogP contribution in [0.2, 0.25) is 5.15 Å². The Morgan fingerprint density at radius 3 is 2.76 bits per heavy atom. The molecule has 0 atom stereocenters. The van der Waals surface area contributed by atoms with Gasteiger partial charge in [0.05, 0.1) is 6.33 Å². The van der Waals surface area contributed by atoms with Gasteiger partial charge in [0.25, 0.3) is 5.56 Å². The van der Waals surface area contributed by atoms with E-state index in [4.69, 9.17) is 11.6 Å². The van der Waals surface area contributed by atoms with Crippen LogP contribution in [0, 0.1) is 0 Å². The first-order valence-corrected chi connectivity index (χ1v) is 5.75. The number of aromatic nitrogens is 2.